The summed E-state index contributed by atoms with van der Waals surface area (Å²) in [5, 5.41) is 0.152. The Balaban J connectivity index is 2.03. The first-order valence-corrected chi connectivity index (χ1v) is 7.42. The quantitative estimate of drug-likeness (QED) is 0.893. The van der Waals surface area contributed by atoms with Crippen LogP contribution in [0.3, 0.4) is 0 Å². The molecule has 6 nitrogen and oxygen atoms in total. The molecule has 0 atom stereocenters. The second-order valence-corrected chi connectivity index (χ2v) is 6.05. The number of hydrogen-bond donors (Lipinski definition) is 1. The summed E-state index contributed by atoms with van der Waals surface area (Å²) in [5.41, 5.74) is 0. The summed E-state index contributed by atoms with van der Waals surface area (Å²) in [6.07, 6.45) is 6.64. The highest BCUT2D eigenvalue weighted by Gasteiger charge is 2.17. The molecule has 0 fully saturated rings. The molecule has 8 heteroatoms. The van der Waals surface area contributed by atoms with Gasteiger partial charge in [-0.25, -0.2) is 18.1 Å². The summed E-state index contributed by atoms with van der Waals surface area (Å²) in [5.74, 6) is 0.806. The number of sulfonamides is 1. The second-order valence-electron chi connectivity index (χ2n) is 3.91. The molecule has 0 aliphatic rings. The van der Waals surface area contributed by atoms with Gasteiger partial charge >= 0.3 is 0 Å². The Labute approximate surface area is 116 Å². The highest BCUT2D eigenvalue weighted by Crippen LogP contribution is 2.18. The number of imidazole rings is 1. The Bertz CT molecular complexity index is 669. The fraction of sp³-hybridized carbons (Fsp3) is 0.273. The third-order valence-corrected chi connectivity index (χ3v) is 4.52. The molecule has 0 saturated heterocycles. The van der Waals surface area contributed by atoms with Crippen molar-refractivity contribution in [3.8, 4) is 0 Å². The number of pyridine rings is 1. The zero-order chi connectivity index (χ0) is 13.9. The first-order chi connectivity index (χ1) is 9.00. The van der Waals surface area contributed by atoms with Gasteiger partial charge in [0.05, 0.1) is 5.02 Å². The second kappa shape index (κ2) is 5.68. The lowest BCUT2D eigenvalue weighted by Gasteiger charge is -2.07. The van der Waals surface area contributed by atoms with Gasteiger partial charge in [-0.3, -0.25) is 4.98 Å². The lowest BCUT2D eigenvalue weighted by Crippen LogP contribution is -2.27. The molecule has 19 heavy (non-hydrogen) atoms. The minimum absolute atomic E-state index is 0.0171. The minimum Gasteiger partial charge on any atom is -0.338 e. The molecule has 0 saturated carbocycles. The van der Waals surface area contributed by atoms with Gasteiger partial charge in [0.1, 0.15) is 10.7 Å². The maximum absolute atomic E-state index is 12.0. The van der Waals surface area contributed by atoms with Gasteiger partial charge in [-0.1, -0.05) is 11.6 Å². The highest BCUT2D eigenvalue weighted by atomic mass is 35.5. The van der Waals surface area contributed by atoms with E-state index in [1.54, 1.807) is 6.20 Å². The standard InChI is InChI=1S/C11H13ClN4O2S/c1-16-7-6-14-11(16)3-5-15-19(17,18)10-8-13-4-2-9(10)12/h2,4,6-8,15H,3,5H2,1H3. The topological polar surface area (TPSA) is 76.9 Å². The summed E-state index contributed by atoms with van der Waals surface area (Å²) in [7, 11) is -1.78. The number of halogens is 1. The number of rotatable bonds is 5. The molecule has 0 spiro atoms. The molecular formula is C11H13ClN4O2S. The summed E-state index contributed by atoms with van der Waals surface area (Å²) in [6.45, 7) is 0.248. The lowest BCUT2D eigenvalue weighted by molar-refractivity contribution is 0.579. The van der Waals surface area contributed by atoms with Crippen molar-refractivity contribution in [2.45, 2.75) is 11.3 Å². The van der Waals surface area contributed by atoms with Crippen molar-refractivity contribution in [2.75, 3.05) is 6.54 Å². The molecule has 0 unspecified atom stereocenters. The van der Waals surface area contributed by atoms with Crippen LogP contribution in [0.2, 0.25) is 5.02 Å². The van der Waals surface area contributed by atoms with Crippen LogP contribution in [0.25, 0.3) is 0 Å². The van der Waals surface area contributed by atoms with Crippen molar-refractivity contribution in [1.82, 2.24) is 19.3 Å². The molecule has 0 aromatic carbocycles. The lowest BCUT2D eigenvalue weighted by atomic mass is 10.4. The zero-order valence-electron chi connectivity index (χ0n) is 10.2. The van der Waals surface area contributed by atoms with Crippen molar-refractivity contribution in [3.63, 3.8) is 0 Å². The Hall–Kier alpha value is -1.44. The van der Waals surface area contributed by atoms with Gasteiger partial charge in [-0.05, 0) is 6.07 Å². The van der Waals surface area contributed by atoms with Crippen LogP contribution in [-0.2, 0) is 23.5 Å². The van der Waals surface area contributed by atoms with E-state index in [1.165, 1.54) is 18.5 Å². The van der Waals surface area contributed by atoms with Crippen LogP contribution in [0, 0.1) is 0 Å². The Morgan fingerprint density at radius 1 is 1.42 bits per heavy atom. The van der Waals surface area contributed by atoms with Gasteiger partial charge in [-0.15, -0.1) is 0 Å². The van der Waals surface area contributed by atoms with Crippen LogP contribution in [0.15, 0.2) is 35.7 Å². The van der Waals surface area contributed by atoms with Gasteiger partial charge in [0.2, 0.25) is 10.0 Å². The first kappa shape index (κ1) is 14.0. The van der Waals surface area contributed by atoms with E-state index < -0.39 is 10.0 Å². The Morgan fingerprint density at radius 2 is 2.21 bits per heavy atom. The molecule has 0 amide bonds. The molecule has 1 N–H and O–H groups in total. The van der Waals surface area contributed by atoms with Crippen molar-refractivity contribution in [2.24, 2.45) is 7.05 Å². The van der Waals surface area contributed by atoms with Crippen LogP contribution in [0.1, 0.15) is 5.82 Å². The number of nitrogens with one attached hydrogen (secondary N) is 1. The molecule has 0 aliphatic heterocycles. The molecule has 2 aromatic rings. The smallest absolute Gasteiger partial charge is 0.243 e. The van der Waals surface area contributed by atoms with E-state index >= 15 is 0 Å². The van der Waals surface area contributed by atoms with Crippen molar-refractivity contribution < 1.29 is 8.42 Å². The molecule has 2 heterocycles. The summed E-state index contributed by atoms with van der Waals surface area (Å²) < 4.78 is 28.3. The first-order valence-electron chi connectivity index (χ1n) is 5.56. The van der Waals surface area contributed by atoms with Gasteiger partial charge in [0.15, 0.2) is 0 Å². The Kier molecular flexibility index (Phi) is 4.18. The van der Waals surface area contributed by atoms with E-state index in [0.29, 0.717) is 6.42 Å². The van der Waals surface area contributed by atoms with Crippen molar-refractivity contribution >= 4 is 21.6 Å². The predicted molar refractivity (Wildman–Crippen MR) is 71.3 cm³/mol. The molecule has 0 radical (unpaired) electrons. The van der Waals surface area contributed by atoms with Gasteiger partial charge < -0.3 is 4.57 Å². The van der Waals surface area contributed by atoms with Gasteiger partial charge in [0, 0.05) is 44.8 Å². The van der Waals surface area contributed by atoms with E-state index in [4.69, 9.17) is 11.6 Å². The average Bonchev–Trinajstić information content (AvgIpc) is 2.75. The van der Waals surface area contributed by atoms with Crippen LogP contribution in [0.4, 0.5) is 0 Å². The molecule has 2 aromatic heterocycles. The zero-order valence-corrected chi connectivity index (χ0v) is 11.8. The summed E-state index contributed by atoms with van der Waals surface area (Å²) in [4.78, 5) is 7.86. The molecule has 0 bridgehead atoms. The SMILES string of the molecule is Cn1ccnc1CCNS(=O)(=O)c1cnccc1Cl. The number of aromatic nitrogens is 3. The molecule has 0 aliphatic carbocycles. The number of aryl methyl sites for hydroxylation is 1. The number of nitrogens with zero attached hydrogens (tertiary/aromatic N) is 3. The summed E-state index contributed by atoms with van der Waals surface area (Å²) >= 11 is 5.84. The van der Waals surface area contributed by atoms with E-state index in [0.717, 1.165) is 5.82 Å². The number of hydrogen-bond acceptors (Lipinski definition) is 4. The van der Waals surface area contributed by atoms with Crippen LogP contribution in [0.5, 0.6) is 0 Å². The average molecular weight is 301 g/mol. The van der Waals surface area contributed by atoms with Gasteiger partial charge in [0.25, 0.3) is 0 Å². The predicted octanol–water partition coefficient (Wildman–Crippen LogP) is 0.989. The van der Waals surface area contributed by atoms with E-state index in [1.807, 2.05) is 17.8 Å². The maximum atomic E-state index is 12.0. The van der Waals surface area contributed by atoms with Crippen molar-refractivity contribution in [3.05, 3.63) is 41.7 Å². The largest absolute Gasteiger partial charge is 0.338 e. The van der Waals surface area contributed by atoms with Gasteiger partial charge in [-0.2, -0.15) is 0 Å². The summed E-state index contributed by atoms with van der Waals surface area (Å²) in [6, 6.07) is 1.44. The highest BCUT2D eigenvalue weighted by molar-refractivity contribution is 7.89. The molecule has 2 rings (SSSR count). The minimum atomic E-state index is -3.64. The fourth-order valence-corrected chi connectivity index (χ4v) is 3.03. The van der Waals surface area contributed by atoms with Crippen LogP contribution in [-0.4, -0.2) is 29.5 Å². The normalized spacial score (nSPS) is 11.7. The van der Waals surface area contributed by atoms with E-state index in [2.05, 4.69) is 14.7 Å². The van der Waals surface area contributed by atoms with Crippen LogP contribution < -0.4 is 4.72 Å². The molecule has 102 valence electrons. The van der Waals surface area contributed by atoms with E-state index in [-0.39, 0.29) is 16.5 Å². The third-order valence-electron chi connectivity index (χ3n) is 2.59. The maximum Gasteiger partial charge on any atom is 0.243 e. The van der Waals surface area contributed by atoms with Crippen LogP contribution >= 0.6 is 11.6 Å². The van der Waals surface area contributed by atoms with E-state index in [9.17, 15) is 8.42 Å². The molecular weight excluding hydrogens is 288 g/mol. The fourth-order valence-electron chi connectivity index (χ4n) is 1.57. The van der Waals surface area contributed by atoms with Crippen molar-refractivity contribution in [1.29, 1.82) is 0 Å². The third kappa shape index (κ3) is 3.31. The monoisotopic (exact) mass is 300 g/mol. The Morgan fingerprint density at radius 3 is 2.84 bits per heavy atom.